The molecule has 3 rings (SSSR count). The van der Waals surface area contributed by atoms with Gasteiger partial charge in [0.25, 0.3) is 0 Å². The SMILES string of the molecule is CCCN1CC2(CCN(C)CC2)CC1C(=O)NCc1ccncc1. The Bertz CT molecular complexity index is 540. The smallest absolute Gasteiger partial charge is 0.237 e. The van der Waals surface area contributed by atoms with Crippen LogP contribution in [0.1, 0.15) is 38.2 Å². The van der Waals surface area contributed by atoms with Crippen molar-refractivity contribution in [3.63, 3.8) is 0 Å². The number of carbonyl (C=O) groups is 1. The van der Waals surface area contributed by atoms with Gasteiger partial charge in [-0.3, -0.25) is 14.7 Å². The van der Waals surface area contributed by atoms with Crippen LogP contribution in [0.25, 0.3) is 0 Å². The number of rotatable bonds is 5. The normalized spacial score (nSPS) is 24.3. The molecular weight excluding hydrogens is 300 g/mol. The van der Waals surface area contributed by atoms with Crippen molar-refractivity contribution in [2.75, 3.05) is 33.2 Å². The van der Waals surface area contributed by atoms with Crippen LogP contribution in [0, 0.1) is 5.41 Å². The van der Waals surface area contributed by atoms with Crippen molar-refractivity contribution in [1.29, 1.82) is 0 Å². The molecule has 1 unspecified atom stereocenters. The Morgan fingerprint density at radius 1 is 1.33 bits per heavy atom. The van der Waals surface area contributed by atoms with Crippen LogP contribution in [-0.2, 0) is 11.3 Å². The third-order valence-corrected chi connectivity index (χ3v) is 5.68. The summed E-state index contributed by atoms with van der Waals surface area (Å²) in [5.41, 5.74) is 1.45. The summed E-state index contributed by atoms with van der Waals surface area (Å²) < 4.78 is 0. The van der Waals surface area contributed by atoms with Crippen molar-refractivity contribution in [3.8, 4) is 0 Å². The molecule has 1 amide bonds. The fourth-order valence-electron chi connectivity index (χ4n) is 4.19. The molecule has 5 heteroatoms. The molecule has 1 atom stereocenters. The van der Waals surface area contributed by atoms with E-state index in [1.54, 1.807) is 12.4 Å². The standard InChI is InChI=1S/C19H30N4O/c1-3-10-23-15-19(6-11-22(2)12-7-19)13-17(23)18(24)21-14-16-4-8-20-9-5-16/h4-5,8-9,17H,3,6-7,10-15H2,1-2H3,(H,21,24). The van der Waals surface area contributed by atoms with Gasteiger partial charge in [0, 0.05) is 25.5 Å². The summed E-state index contributed by atoms with van der Waals surface area (Å²) in [5, 5.41) is 3.14. The molecule has 2 saturated heterocycles. The largest absolute Gasteiger partial charge is 0.351 e. The number of amides is 1. The zero-order chi connectivity index (χ0) is 17.0. The first-order valence-corrected chi connectivity index (χ1v) is 9.21. The Balaban J connectivity index is 1.62. The van der Waals surface area contributed by atoms with Gasteiger partial charge in [-0.25, -0.2) is 0 Å². The number of piperidine rings is 1. The topological polar surface area (TPSA) is 48.5 Å². The number of carbonyl (C=O) groups excluding carboxylic acids is 1. The van der Waals surface area contributed by atoms with Crippen LogP contribution in [0.4, 0.5) is 0 Å². The number of hydrogen-bond donors (Lipinski definition) is 1. The van der Waals surface area contributed by atoms with Gasteiger partial charge in [-0.15, -0.1) is 0 Å². The molecular formula is C19H30N4O. The van der Waals surface area contributed by atoms with E-state index in [9.17, 15) is 4.79 Å². The molecule has 0 aliphatic carbocycles. The molecule has 0 bridgehead atoms. The number of nitrogens with zero attached hydrogens (tertiary/aromatic N) is 3. The van der Waals surface area contributed by atoms with Crippen molar-refractivity contribution < 1.29 is 4.79 Å². The number of likely N-dealkylation sites (tertiary alicyclic amines) is 2. The van der Waals surface area contributed by atoms with Crippen LogP contribution in [0.3, 0.4) is 0 Å². The Kier molecular flexibility index (Phi) is 5.51. The van der Waals surface area contributed by atoms with Gasteiger partial charge in [0.2, 0.25) is 5.91 Å². The van der Waals surface area contributed by atoms with Crippen LogP contribution in [-0.4, -0.2) is 60.0 Å². The molecule has 1 aromatic rings. The minimum atomic E-state index is 0.0372. The number of hydrogen-bond acceptors (Lipinski definition) is 4. The molecule has 24 heavy (non-hydrogen) atoms. The van der Waals surface area contributed by atoms with E-state index in [-0.39, 0.29) is 11.9 Å². The first-order valence-electron chi connectivity index (χ1n) is 9.21. The molecule has 2 aliphatic heterocycles. The summed E-state index contributed by atoms with van der Waals surface area (Å²) in [4.78, 5) is 21.7. The summed E-state index contributed by atoms with van der Waals surface area (Å²) in [7, 11) is 2.20. The van der Waals surface area contributed by atoms with Crippen LogP contribution in [0.5, 0.6) is 0 Å². The second-order valence-electron chi connectivity index (χ2n) is 7.57. The molecule has 2 fully saturated rings. The molecule has 0 aromatic carbocycles. The minimum absolute atomic E-state index is 0.0372. The highest BCUT2D eigenvalue weighted by Gasteiger charge is 2.47. The monoisotopic (exact) mass is 330 g/mol. The second-order valence-corrected chi connectivity index (χ2v) is 7.57. The summed E-state index contributed by atoms with van der Waals surface area (Å²) >= 11 is 0. The van der Waals surface area contributed by atoms with Gasteiger partial charge in [-0.1, -0.05) is 6.92 Å². The zero-order valence-electron chi connectivity index (χ0n) is 15.0. The highest BCUT2D eigenvalue weighted by Crippen LogP contribution is 2.43. The predicted octanol–water partition coefficient (Wildman–Crippen LogP) is 1.89. The van der Waals surface area contributed by atoms with E-state index in [1.807, 2.05) is 12.1 Å². The lowest BCUT2D eigenvalue weighted by Gasteiger charge is -2.37. The third kappa shape index (κ3) is 3.95. The highest BCUT2D eigenvalue weighted by molar-refractivity contribution is 5.82. The maximum absolute atomic E-state index is 12.8. The van der Waals surface area contributed by atoms with Crippen molar-refractivity contribution in [2.45, 2.75) is 45.2 Å². The van der Waals surface area contributed by atoms with Crippen LogP contribution < -0.4 is 5.32 Å². The second kappa shape index (κ2) is 7.62. The van der Waals surface area contributed by atoms with Gasteiger partial charge in [-0.2, -0.15) is 0 Å². The quantitative estimate of drug-likeness (QED) is 0.896. The van der Waals surface area contributed by atoms with Gasteiger partial charge >= 0.3 is 0 Å². The Labute approximate surface area is 145 Å². The van der Waals surface area contributed by atoms with E-state index >= 15 is 0 Å². The van der Waals surface area contributed by atoms with Crippen molar-refractivity contribution in [2.24, 2.45) is 5.41 Å². The molecule has 0 radical (unpaired) electrons. The van der Waals surface area contributed by atoms with Crippen molar-refractivity contribution in [1.82, 2.24) is 20.1 Å². The predicted molar refractivity (Wildman–Crippen MR) is 95.5 cm³/mol. The van der Waals surface area contributed by atoms with E-state index in [0.717, 1.165) is 44.6 Å². The van der Waals surface area contributed by atoms with Crippen LogP contribution in [0.2, 0.25) is 0 Å². The average Bonchev–Trinajstić information content (AvgIpc) is 2.95. The first kappa shape index (κ1) is 17.4. The van der Waals surface area contributed by atoms with Crippen molar-refractivity contribution in [3.05, 3.63) is 30.1 Å². The summed E-state index contributed by atoms with van der Waals surface area (Å²) in [6.45, 7) is 7.21. The lowest BCUT2D eigenvalue weighted by molar-refractivity contribution is -0.125. The summed E-state index contributed by atoms with van der Waals surface area (Å²) in [6.07, 6.45) is 8.10. The van der Waals surface area contributed by atoms with Gasteiger partial charge in [0.15, 0.2) is 0 Å². The summed E-state index contributed by atoms with van der Waals surface area (Å²) in [6, 6.07) is 3.95. The fraction of sp³-hybridized carbons (Fsp3) is 0.684. The van der Waals surface area contributed by atoms with Gasteiger partial charge < -0.3 is 10.2 Å². The molecule has 1 spiro atoms. The zero-order valence-corrected chi connectivity index (χ0v) is 15.0. The Morgan fingerprint density at radius 3 is 2.71 bits per heavy atom. The van der Waals surface area contributed by atoms with Gasteiger partial charge in [-0.05, 0) is 75.5 Å². The van der Waals surface area contributed by atoms with E-state index in [2.05, 4.69) is 34.1 Å². The number of aromatic nitrogens is 1. The maximum Gasteiger partial charge on any atom is 0.237 e. The average molecular weight is 330 g/mol. The summed E-state index contributed by atoms with van der Waals surface area (Å²) in [5.74, 6) is 0.191. The lowest BCUT2D eigenvalue weighted by atomic mass is 9.76. The molecule has 1 aromatic heterocycles. The third-order valence-electron chi connectivity index (χ3n) is 5.68. The lowest BCUT2D eigenvalue weighted by Crippen LogP contribution is -2.43. The van der Waals surface area contributed by atoms with Gasteiger partial charge in [0.1, 0.15) is 0 Å². The van der Waals surface area contributed by atoms with Crippen molar-refractivity contribution >= 4 is 5.91 Å². The van der Waals surface area contributed by atoms with E-state index in [4.69, 9.17) is 0 Å². The Morgan fingerprint density at radius 2 is 2.04 bits per heavy atom. The van der Waals surface area contributed by atoms with E-state index in [0.29, 0.717) is 12.0 Å². The molecule has 3 heterocycles. The first-order chi connectivity index (χ1) is 11.6. The molecule has 1 N–H and O–H groups in total. The van der Waals surface area contributed by atoms with Crippen LogP contribution in [0.15, 0.2) is 24.5 Å². The van der Waals surface area contributed by atoms with E-state index < -0.39 is 0 Å². The highest BCUT2D eigenvalue weighted by atomic mass is 16.2. The van der Waals surface area contributed by atoms with Gasteiger partial charge in [0.05, 0.1) is 6.04 Å². The number of nitrogens with one attached hydrogen (secondary N) is 1. The molecule has 2 aliphatic rings. The fourth-order valence-corrected chi connectivity index (χ4v) is 4.19. The number of pyridine rings is 1. The Hall–Kier alpha value is -1.46. The molecule has 5 nitrogen and oxygen atoms in total. The molecule has 132 valence electrons. The minimum Gasteiger partial charge on any atom is -0.351 e. The maximum atomic E-state index is 12.8. The molecule has 0 saturated carbocycles. The van der Waals surface area contributed by atoms with Crippen LogP contribution >= 0.6 is 0 Å². The van der Waals surface area contributed by atoms with E-state index in [1.165, 1.54) is 12.8 Å².